The zero-order chi connectivity index (χ0) is 16.1. The van der Waals surface area contributed by atoms with E-state index in [0.717, 1.165) is 17.3 Å². The Bertz CT molecular complexity index is 636. The Hall–Kier alpha value is -2.30. The van der Waals surface area contributed by atoms with Crippen LogP contribution >= 0.6 is 0 Å². The Morgan fingerprint density at radius 1 is 1.13 bits per heavy atom. The van der Waals surface area contributed by atoms with Crippen LogP contribution in [0.3, 0.4) is 0 Å². The minimum Gasteiger partial charge on any atom is -0.497 e. The molecule has 1 aliphatic carbocycles. The fourth-order valence-corrected chi connectivity index (χ4v) is 2.93. The Kier molecular flexibility index (Phi) is 4.95. The summed E-state index contributed by atoms with van der Waals surface area (Å²) < 4.78 is 5.17. The topological polar surface area (TPSA) is 59.1 Å². The zero-order valence-electron chi connectivity index (χ0n) is 13.8. The lowest BCUT2D eigenvalue weighted by Crippen LogP contribution is -2.16. The number of nitrogens with zero attached hydrogens (tertiary/aromatic N) is 2. The molecule has 1 saturated carbocycles. The first-order valence-electron chi connectivity index (χ1n) is 8.22. The van der Waals surface area contributed by atoms with Crippen molar-refractivity contribution in [2.24, 2.45) is 0 Å². The minimum absolute atomic E-state index is 0.554. The van der Waals surface area contributed by atoms with Gasteiger partial charge in [-0.05, 0) is 37.5 Å². The van der Waals surface area contributed by atoms with E-state index in [-0.39, 0.29) is 0 Å². The number of hydrogen-bond donors (Lipinski definition) is 2. The van der Waals surface area contributed by atoms with Gasteiger partial charge in [-0.3, -0.25) is 0 Å². The molecule has 5 nitrogen and oxygen atoms in total. The van der Waals surface area contributed by atoms with E-state index in [4.69, 9.17) is 4.74 Å². The summed E-state index contributed by atoms with van der Waals surface area (Å²) in [5, 5.41) is 6.83. The van der Waals surface area contributed by atoms with E-state index in [1.54, 1.807) is 7.11 Å². The van der Waals surface area contributed by atoms with Crippen LogP contribution in [0.4, 0.5) is 11.8 Å². The van der Waals surface area contributed by atoms with Gasteiger partial charge in [-0.1, -0.05) is 25.0 Å². The predicted octanol–water partition coefficient (Wildman–Crippen LogP) is 3.76. The highest BCUT2D eigenvalue weighted by molar-refractivity contribution is 5.43. The van der Waals surface area contributed by atoms with Crippen LogP contribution in [-0.2, 0) is 6.54 Å². The van der Waals surface area contributed by atoms with Gasteiger partial charge in [0.2, 0.25) is 5.95 Å². The van der Waals surface area contributed by atoms with Crippen molar-refractivity contribution in [3.8, 4) is 5.75 Å². The molecule has 0 saturated heterocycles. The van der Waals surface area contributed by atoms with Crippen LogP contribution in [0.1, 0.15) is 36.9 Å². The van der Waals surface area contributed by atoms with Crippen molar-refractivity contribution in [1.82, 2.24) is 9.97 Å². The average molecular weight is 312 g/mol. The molecular formula is C18H24N4O. The van der Waals surface area contributed by atoms with Gasteiger partial charge in [0.1, 0.15) is 11.6 Å². The van der Waals surface area contributed by atoms with Crippen molar-refractivity contribution in [3.05, 3.63) is 41.6 Å². The first-order valence-corrected chi connectivity index (χ1v) is 8.22. The van der Waals surface area contributed by atoms with Gasteiger partial charge in [0.25, 0.3) is 0 Å². The smallest absolute Gasteiger partial charge is 0.225 e. The number of benzene rings is 1. The van der Waals surface area contributed by atoms with E-state index in [1.807, 2.05) is 37.3 Å². The fraction of sp³-hybridized carbons (Fsp3) is 0.444. The van der Waals surface area contributed by atoms with Crippen LogP contribution in [0.5, 0.6) is 5.75 Å². The zero-order valence-corrected chi connectivity index (χ0v) is 13.8. The molecule has 1 heterocycles. The molecule has 0 atom stereocenters. The number of aromatic nitrogens is 2. The first-order chi connectivity index (χ1) is 11.2. The van der Waals surface area contributed by atoms with Gasteiger partial charge in [-0.25, -0.2) is 4.98 Å². The molecule has 1 aromatic carbocycles. The monoisotopic (exact) mass is 312 g/mol. The van der Waals surface area contributed by atoms with Crippen LogP contribution < -0.4 is 15.4 Å². The van der Waals surface area contributed by atoms with Crippen molar-refractivity contribution in [2.45, 2.75) is 45.2 Å². The third-order valence-electron chi connectivity index (χ3n) is 4.17. The molecule has 0 spiro atoms. The highest BCUT2D eigenvalue weighted by Gasteiger charge is 2.15. The largest absolute Gasteiger partial charge is 0.497 e. The van der Waals surface area contributed by atoms with Crippen molar-refractivity contribution >= 4 is 11.8 Å². The fourth-order valence-electron chi connectivity index (χ4n) is 2.93. The predicted molar refractivity (Wildman–Crippen MR) is 93.0 cm³/mol. The molecule has 23 heavy (non-hydrogen) atoms. The molecule has 1 aromatic heterocycles. The number of methoxy groups -OCH3 is 1. The Balaban J connectivity index is 1.63. The molecule has 2 aromatic rings. The van der Waals surface area contributed by atoms with Crippen molar-refractivity contribution in [1.29, 1.82) is 0 Å². The molecule has 5 heteroatoms. The van der Waals surface area contributed by atoms with E-state index in [0.29, 0.717) is 18.5 Å². The molecule has 0 amide bonds. The number of anilines is 2. The maximum absolute atomic E-state index is 5.17. The summed E-state index contributed by atoms with van der Waals surface area (Å²) in [7, 11) is 1.67. The van der Waals surface area contributed by atoms with E-state index in [2.05, 4.69) is 20.6 Å². The minimum atomic E-state index is 0.554. The molecular weight excluding hydrogens is 288 g/mol. The second-order valence-electron chi connectivity index (χ2n) is 6.05. The standard InChI is InChI=1S/C18H24N4O/c1-13-11-17(21-15-5-3-4-6-15)22-18(20-13)19-12-14-7-9-16(23-2)10-8-14/h7-11,15H,3-6,12H2,1-2H3,(H2,19,20,21,22). The number of ether oxygens (including phenoxy) is 1. The van der Waals surface area contributed by atoms with Gasteiger partial charge in [0.15, 0.2) is 0 Å². The summed E-state index contributed by atoms with van der Waals surface area (Å²) >= 11 is 0. The van der Waals surface area contributed by atoms with Gasteiger partial charge in [0, 0.05) is 24.3 Å². The second-order valence-corrected chi connectivity index (χ2v) is 6.05. The summed E-state index contributed by atoms with van der Waals surface area (Å²) in [5.41, 5.74) is 2.14. The van der Waals surface area contributed by atoms with Gasteiger partial charge >= 0.3 is 0 Å². The van der Waals surface area contributed by atoms with Crippen LogP contribution in [-0.4, -0.2) is 23.1 Å². The summed E-state index contributed by atoms with van der Waals surface area (Å²) in [6.07, 6.45) is 5.09. The molecule has 3 rings (SSSR count). The van der Waals surface area contributed by atoms with E-state index in [1.165, 1.54) is 31.2 Å². The van der Waals surface area contributed by atoms with Crippen LogP contribution in [0, 0.1) is 6.92 Å². The molecule has 0 unspecified atom stereocenters. The number of rotatable bonds is 6. The molecule has 0 aliphatic heterocycles. The highest BCUT2D eigenvalue weighted by atomic mass is 16.5. The van der Waals surface area contributed by atoms with E-state index in [9.17, 15) is 0 Å². The van der Waals surface area contributed by atoms with Gasteiger partial charge in [-0.15, -0.1) is 0 Å². The van der Waals surface area contributed by atoms with Gasteiger partial charge < -0.3 is 15.4 Å². The summed E-state index contributed by atoms with van der Waals surface area (Å²) in [6, 6.07) is 10.6. The third-order valence-corrected chi connectivity index (χ3v) is 4.17. The Labute approximate surface area is 137 Å². The summed E-state index contributed by atoms with van der Waals surface area (Å²) in [6.45, 7) is 2.69. The van der Waals surface area contributed by atoms with Crippen molar-refractivity contribution in [3.63, 3.8) is 0 Å². The highest BCUT2D eigenvalue weighted by Crippen LogP contribution is 2.22. The Morgan fingerprint density at radius 3 is 2.57 bits per heavy atom. The molecule has 0 radical (unpaired) electrons. The van der Waals surface area contributed by atoms with Crippen molar-refractivity contribution in [2.75, 3.05) is 17.7 Å². The molecule has 122 valence electrons. The molecule has 2 N–H and O–H groups in total. The maximum atomic E-state index is 5.17. The average Bonchev–Trinajstić information content (AvgIpc) is 3.06. The maximum Gasteiger partial charge on any atom is 0.225 e. The van der Waals surface area contributed by atoms with Gasteiger partial charge in [0.05, 0.1) is 7.11 Å². The number of hydrogen-bond acceptors (Lipinski definition) is 5. The Morgan fingerprint density at radius 2 is 1.87 bits per heavy atom. The molecule has 0 bridgehead atoms. The van der Waals surface area contributed by atoms with E-state index >= 15 is 0 Å². The first kappa shape index (κ1) is 15.6. The van der Waals surface area contributed by atoms with Crippen LogP contribution in [0.2, 0.25) is 0 Å². The summed E-state index contributed by atoms with van der Waals surface area (Å²) in [4.78, 5) is 9.06. The van der Waals surface area contributed by atoms with E-state index < -0.39 is 0 Å². The third kappa shape index (κ3) is 4.34. The van der Waals surface area contributed by atoms with Gasteiger partial charge in [-0.2, -0.15) is 4.98 Å². The lowest BCUT2D eigenvalue weighted by atomic mass is 10.2. The normalized spacial score (nSPS) is 14.7. The summed E-state index contributed by atoms with van der Waals surface area (Å²) in [5.74, 6) is 2.45. The van der Waals surface area contributed by atoms with Crippen molar-refractivity contribution < 1.29 is 4.74 Å². The lowest BCUT2D eigenvalue weighted by Gasteiger charge is -2.14. The number of nitrogens with one attached hydrogen (secondary N) is 2. The molecule has 1 fully saturated rings. The number of aryl methyl sites for hydroxylation is 1. The lowest BCUT2D eigenvalue weighted by molar-refractivity contribution is 0.414. The van der Waals surface area contributed by atoms with Crippen LogP contribution in [0.15, 0.2) is 30.3 Å². The van der Waals surface area contributed by atoms with Crippen LogP contribution in [0.25, 0.3) is 0 Å². The molecule has 1 aliphatic rings. The quantitative estimate of drug-likeness (QED) is 0.850. The SMILES string of the molecule is COc1ccc(CNc2nc(C)cc(NC3CCCC3)n2)cc1. The second kappa shape index (κ2) is 7.31.